The molecule has 0 aromatic carbocycles. The lowest BCUT2D eigenvalue weighted by Gasteiger charge is -2.01. The maximum atomic E-state index is 12.1. The lowest BCUT2D eigenvalue weighted by atomic mass is 10.3. The van der Waals surface area contributed by atoms with E-state index >= 15 is 0 Å². The first-order valence-electron chi connectivity index (χ1n) is 3.69. The molecule has 0 aliphatic rings. The quantitative estimate of drug-likeness (QED) is 0.734. The van der Waals surface area contributed by atoms with Gasteiger partial charge in [0.2, 0.25) is 0 Å². The van der Waals surface area contributed by atoms with Crippen molar-refractivity contribution in [3.05, 3.63) is 29.3 Å². The molecule has 0 fully saturated rings. The third-order valence-corrected chi connectivity index (χ3v) is 2.50. The average molecular weight is 217 g/mol. The molecule has 0 radical (unpaired) electrons. The average Bonchev–Trinajstić information content (AvgIpc) is 2.73. The van der Waals surface area contributed by atoms with Gasteiger partial charge < -0.3 is 10.2 Å². The molecule has 0 saturated heterocycles. The predicted octanol–water partition coefficient (Wildman–Crippen LogP) is 2.79. The van der Waals surface area contributed by atoms with Gasteiger partial charge in [0.25, 0.3) is 0 Å². The molecule has 0 aliphatic heterocycles. The molecule has 74 valence electrons. The van der Waals surface area contributed by atoms with Crippen molar-refractivity contribution in [1.29, 1.82) is 0 Å². The van der Waals surface area contributed by atoms with E-state index in [1.54, 1.807) is 17.5 Å². The summed E-state index contributed by atoms with van der Waals surface area (Å²) in [6, 6.07) is 4.41. The second-order valence-electron chi connectivity index (χ2n) is 2.59. The lowest BCUT2D eigenvalue weighted by molar-refractivity contribution is -0.141. The van der Waals surface area contributed by atoms with Crippen LogP contribution < -0.4 is 5.10 Å². The number of hydrogen-bond donors (Lipinski definition) is 0. The van der Waals surface area contributed by atoms with Crippen LogP contribution in [0.25, 0.3) is 10.6 Å². The molecule has 2 rings (SSSR count). The molecule has 6 heteroatoms. The van der Waals surface area contributed by atoms with Crippen LogP contribution in [-0.4, -0.2) is 5.10 Å². The van der Waals surface area contributed by atoms with Gasteiger partial charge >= 0.3 is 6.18 Å². The molecule has 2 heterocycles. The number of halogens is 3. The Bertz CT molecular complexity index is 416. The van der Waals surface area contributed by atoms with Gasteiger partial charge in [-0.1, -0.05) is 6.07 Å². The van der Waals surface area contributed by atoms with Gasteiger partial charge in [-0.2, -0.15) is 13.2 Å². The van der Waals surface area contributed by atoms with E-state index in [0.29, 0.717) is 4.88 Å². The SMILES string of the molecule is FC(F)(F)c1cc(-c2cccs2)[n-]n1. The summed E-state index contributed by atoms with van der Waals surface area (Å²) in [7, 11) is 0. The van der Waals surface area contributed by atoms with Gasteiger partial charge in [0.05, 0.1) is 0 Å². The highest BCUT2D eigenvalue weighted by Crippen LogP contribution is 2.31. The molecule has 0 N–H and O–H groups in total. The number of nitrogens with zero attached hydrogens (tertiary/aromatic N) is 2. The molecular weight excluding hydrogens is 213 g/mol. The van der Waals surface area contributed by atoms with Crippen molar-refractivity contribution in [2.45, 2.75) is 6.18 Å². The first-order chi connectivity index (χ1) is 6.57. The molecule has 0 amide bonds. The Morgan fingerprint density at radius 3 is 2.64 bits per heavy atom. The summed E-state index contributed by atoms with van der Waals surface area (Å²) in [5, 5.41) is 8.32. The van der Waals surface area contributed by atoms with E-state index < -0.39 is 11.9 Å². The van der Waals surface area contributed by atoms with Crippen molar-refractivity contribution in [2.75, 3.05) is 0 Å². The van der Waals surface area contributed by atoms with E-state index in [-0.39, 0.29) is 5.69 Å². The molecule has 2 nitrogen and oxygen atoms in total. The third kappa shape index (κ3) is 1.65. The fraction of sp³-hybridized carbons (Fsp3) is 0.125. The highest BCUT2D eigenvalue weighted by atomic mass is 32.1. The minimum absolute atomic E-state index is 0.271. The van der Waals surface area contributed by atoms with E-state index in [1.165, 1.54) is 11.3 Å². The van der Waals surface area contributed by atoms with Gasteiger partial charge in [-0.15, -0.1) is 17.0 Å². The van der Waals surface area contributed by atoms with Crippen LogP contribution in [0, 0.1) is 0 Å². The molecule has 0 bridgehead atoms. The Morgan fingerprint density at radius 1 is 1.36 bits per heavy atom. The van der Waals surface area contributed by atoms with Crippen LogP contribution in [0.5, 0.6) is 0 Å². The summed E-state index contributed by atoms with van der Waals surface area (Å²) < 4.78 is 36.4. The van der Waals surface area contributed by atoms with Crippen LogP contribution in [0.4, 0.5) is 13.2 Å². The normalized spacial score (nSPS) is 11.9. The van der Waals surface area contributed by atoms with E-state index in [9.17, 15) is 13.2 Å². The highest BCUT2D eigenvalue weighted by molar-refractivity contribution is 7.13. The monoisotopic (exact) mass is 217 g/mol. The number of thiophene rings is 1. The molecule has 14 heavy (non-hydrogen) atoms. The third-order valence-electron chi connectivity index (χ3n) is 1.60. The lowest BCUT2D eigenvalue weighted by Crippen LogP contribution is -2.04. The molecular formula is C8H4F3N2S-. The topological polar surface area (TPSA) is 27.0 Å². The maximum Gasteiger partial charge on any atom is 0.431 e. The molecule has 2 aromatic rings. The van der Waals surface area contributed by atoms with E-state index in [2.05, 4.69) is 10.2 Å². The Labute approximate surface area is 81.4 Å². The van der Waals surface area contributed by atoms with Crippen LogP contribution in [-0.2, 0) is 6.18 Å². The summed E-state index contributed by atoms with van der Waals surface area (Å²) in [4.78, 5) is 0.688. The van der Waals surface area contributed by atoms with Crippen molar-refractivity contribution in [3.63, 3.8) is 0 Å². The summed E-state index contributed by atoms with van der Waals surface area (Å²) in [6.45, 7) is 0. The van der Waals surface area contributed by atoms with Gasteiger partial charge in [-0.3, -0.25) is 0 Å². The number of rotatable bonds is 1. The smallest absolute Gasteiger partial charge is 0.431 e. The van der Waals surface area contributed by atoms with Gasteiger partial charge in [0.15, 0.2) is 0 Å². The fourth-order valence-corrected chi connectivity index (χ4v) is 1.66. The van der Waals surface area contributed by atoms with Crippen molar-refractivity contribution in [1.82, 2.24) is 10.2 Å². The first kappa shape index (κ1) is 9.26. The minimum atomic E-state index is -4.41. The fourth-order valence-electron chi connectivity index (χ4n) is 0.978. The largest absolute Gasteiger partial charge is 0.574 e. The van der Waals surface area contributed by atoms with Gasteiger partial charge in [-0.25, -0.2) is 0 Å². The molecule has 0 unspecified atom stereocenters. The molecule has 0 spiro atoms. The van der Waals surface area contributed by atoms with Gasteiger partial charge in [0.1, 0.15) is 5.69 Å². The number of aromatic nitrogens is 2. The first-order valence-corrected chi connectivity index (χ1v) is 4.57. The van der Waals surface area contributed by atoms with E-state index in [0.717, 1.165) is 6.07 Å². The second kappa shape index (κ2) is 3.13. The maximum absolute atomic E-state index is 12.1. The Morgan fingerprint density at radius 2 is 2.14 bits per heavy atom. The molecule has 0 atom stereocenters. The van der Waals surface area contributed by atoms with Crippen LogP contribution >= 0.6 is 11.3 Å². The van der Waals surface area contributed by atoms with Gasteiger partial charge in [-0.05, 0) is 17.5 Å². The summed E-state index contributed by atoms with van der Waals surface area (Å²) in [6.07, 6.45) is -4.41. The zero-order valence-electron chi connectivity index (χ0n) is 6.75. The summed E-state index contributed by atoms with van der Waals surface area (Å²) in [5.74, 6) is 0. The van der Waals surface area contributed by atoms with E-state index in [1.807, 2.05) is 0 Å². The number of alkyl halides is 3. The van der Waals surface area contributed by atoms with Crippen LogP contribution in [0.1, 0.15) is 5.69 Å². The minimum Gasteiger partial charge on any atom is -0.574 e. The number of hydrogen-bond acceptors (Lipinski definition) is 2. The summed E-state index contributed by atoms with van der Waals surface area (Å²) in [5.41, 5.74) is -0.673. The zero-order chi connectivity index (χ0) is 10.2. The van der Waals surface area contributed by atoms with Crippen molar-refractivity contribution < 1.29 is 13.2 Å². The molecule has 0 aliphatic carbocycles. The Balaban J connectivity index is 2.36. The van der Waals surface area contributed by atoms with Crippen molar-refractivity contribution >= 4 is 11.3 Å². The standard InChI is InChI=1S/C8H4F3N2S/c9-8(10,11)7-4-5(12-13-7)6-2-1-3-14-6/h1-4H/q-1. The molecule has 2 aromatic heterocycles. The van der Waals surface area contributed by atoms with Crippen LogP contribution in [0.15, 0.2) is 23.6 Å². The van der Waals surface area contributed by atoms with Crippen LogP contribution in [0.2, 0.25) is 0 Å². The highest BCUT2D eigenvalue weighted by Gasteiger charge is 2.31. The van der Waals surface area contributed by atoms with Crippen molar-refractivity contribution in [3.8, 4) is 10.6 Å². The van der Waals surface area contributed by atoms with Gasteiger partial charge in [0, 0.05) is 4.88 Å². The Hall–Kier alpha value is -1.30. The van der Waals surface area contributed by atoms with Crippen LogP contribution in [0.3, 0.4) is 0 Å². The zero-order valence-corrected chi connectivity index (χ0v) is 7.56. The Kier molecular flexibility index (Phi) is 2.07. The predicted molar refractivity (Wildman–Crippen MR) is 45.9 cm³/mol. The summed E-state index contributed by atoms with van der Waals surface area (Å²) >= 11 is 1.33. The second-order valence-corrected chi connectivity index (χ2v) is 3.54. The molecule has 0 saturated carbocycles. The van der Waals surface area contributed by atoms with E-state index in [4.69, 9.17) is 0 Å². The van der Waals surface area contributed by atoms with Crippen molar-refractivity contribution in [2.24, 2.45) is 0 Å².